The number of rotatable bonds is 6. The molecule has 2 aromatic rings. The van der Waals surface area contributed by atoms with E-state index in [1.54, 1.807) is 7.11 Å². The van der Waals surface area contributed by atoms with Crippen LogP contribution in [-0.2, 0) is 6.42 Å². The van der Waals surface area contributed by atoms with Crippen molar-refractivity contribution in [3.8, 4) is 5.75 Å². The molecule has 1 saturated heterocycles. The molecule has 0 aliphatic carbocycles. The highest BCUT2D eigenvalue weighted by Crippen LogP contribution is 2.28. The lowest BCUT2D eigenvalue weighted by Crippen LogP contribution is -2.38. The number of ether oxygens (including phenoxy) is 1. The lowest BCUT2D eigenvalue weighted by Gasteiger charge is -2.17. The third-order valence-electron chi connectivity index (χ3n) is 4.82. The normalized spacial score (nSPS) is 16.7. The number of amides is 2. The van der Waals surface area contributed by atoms with Crippen molar-refractivity contribution in [2.75, 3.05) is 26.7 Å². The van der Waals surface area contributed by atoms with E-state index in [2.05, 4.69) is 41.7 Å². The Morgan fingerprint density at radius 3 is 2.64 bits per heavy atom. The van der Waals surface area contributed by atoms with Gasteiger partial charge in [-0.1, -0.05) is 42.5 Å². The van der Waals surface area contributed by atoms with Crippen LogP contribution < -0.4 is 10.1 Å². The largest absolute Gasteiger partial charge is 0.497 e. The molecule has 1 unspecified atom stereocenters. The van der Waals surface area contributed by atoms with Crippen molar-refractivity contribution in [2.24, 2.45) is 0 Å². The van der Waals surface area contributed by atoms with Gasteiger partial charge >= 0.3 is 6.03 Å². The molecule has 0 spiro atoms. The van der Waals surface area contributed by atoms with Crippen molar-refractivity contribution in [1.82, 2.24) is 10.2 Å². The molecule has 3 rings (SSSR count). The van der Waals surface area contributed by atoms with E-state index in [1.165, 1.54) is 11.1 Å². The number of carbonyl (C=O) groups is 1. The van der Waals surface area contributed by atoms with Crippen LogP contribution >= 0.6 is 0 Å². The molecule has 132 valence electrons. The Morgan fingerprint density at radius 1 is 1.16 bits per heavy atom. The highest BCUT2D eigenvalue weighted by atomic mass is 16.5. The smallest absolute Gasteiger partial charge is 0.317 e. The van der Waals surface area contributed by atoms with Crippen molar-refractivity contribution in [2.45, 2.75) is 25.2 Å². The lowest BCUT2D eigenvalue weighted by molar-refractivity contribution is 0.208. The molecule has 2 aromatic carbocycles. The zero-order valence-electron chi connectivity index (χ0n) is 14.8. The van der Waals surface area contributed by atoms with Crippen LogP contribution in [0.1, 0.15) is 29.9 Å². The predicted molar refractivity (Wildman–Crippen MR) is 100 cm³/mol. The SMILES string of the molecule is COc1ccc(C2CCN(C(=O)NCCCc3ccccc3)C2)cc1. The van der Waals surface area contributed by atoms with E-state index in [4.69, 9.17) is 4.74 Å². The Morgan fingerprint density at radius 2 is 1.92 bits per heavy atom. The Bertz CT molecular complexity index is 670. The summed E-state index contributed by atoms with van der Waals surface area (Å²) < 4.78 is 5.20. The fourth-order valence-electron chi connectivity index (χ4n) is 3.34. The topological polar surface area (TPSA) is 41.6 Å². The second-order valence-corrected chi connectivity index (χ2v) is 6.53. The number of benzene rings is 2. The quantitative estimate of drug-likeness (QED) is 0.814. The Hall–Kier alpha value is -2.49. The van der Waals surface area contributed by atoms with Gasteiger partial charge in [0.2, 0.25) is 0 Å². The summed E-state index contributed by atoms with van der Waals surface area (Å²) in [6.45, 7) is 2.33. The fraction of sp³-hybridized carbons (Fsp3) is 0.381. The molecule has 4 nitrogen and oxygen atoms in total. The van der Waals surface area contributed by atoms with Crippen molar-refractivity contribution >= 4 is 6.03 Å². The summed E-state index contributed by atoms with van der Waals surface area (Å²) in [5.74, 6) is 1.29. The van der Waals surface area contributed by atoms with E-state index in [1.807, 2.05) is 23.1 Å². The number of carbonyl (C=O) groups excluding carboxylic acids is 1. The van der Waals surface area contributed by atoms with Gasteiger partial charge in [-0.25, -0.2) is 4.79 Å². The molecule has 0 aromatic heterocycles. The predicted octanol–water partition coefficient (Wildman–Crippen LogP) is 3.83. The minimum absolute atomic E-state index is 0.0593. The molecule has 25 heavy (non-hydrogen) atoms. The highest BCUT2D eigenvalue weighted by Gasteiger charge is 2.27. The van der Waals surface area contributed by atoms with Gasteiger partial charge in [-0.15, -0.1) is 0 Å². The molecule has 1 aliphatic rings. The van der Waals surface area contributed by atoms with E-state index >= 15 is 0 Å². The molecule has 2 amide bonds. The van der Waals surface area contributed by atoms with Crippen molar-refractivity contribution in [3.63, 3.8) is 0 Å². The van der Waals surface area contributed by atoms with Crippen molar-refractivity contribution in [1.29, 1.82) is 0 Å². The third kappa shape index (κ3) is 4.75. The minimum Gasteiger partial charge on any atom is -0.497 e. The summed E-state index contributed by atoms with van der Waals surface area (Å²) in [5.41, 5.74) is 2.60. The number of hydrogen-bond acceptors (Lipinski definition) is 2. The maximum absolute atomic E-state index is 12.3. The molecule has 1 fully saturated rings. The minimum atomic E-state index is 0.0593. The van der Waals surface area contributed by atoms with Gasteiger partial charge in [0.05, 0.1) is 7.11 Å². The van der Waals surface area contributed by atoms with Crippen LogP contribution in [0.15, 0.2) is 54.6 Å². The average Bonchev–Trinajstić information content (AvgIpc) is 3.16. The molecular weight excluding hydrogens is 312 g/mol. The summed E-state index contributed by atoms with van der Waals surface area (Å²) in [6.07, 6.45) is 2.98. The standard InChI is InChI=1S/C21H26N2O2/c1-25-20-11-9-18(10-12-20)19-13-15-23(16-19)21(24)22-14-5-8-17-6-3-2-4-7-17/h2-4,6-7,9-12,19H,5,8,13-16H2,1H3,(H,22,24). The van der Waals surface area contributed by atoms with Crippen LogP contribution in [-0.4, -0.2) is 37.7 Å². The Labute approximate surface area is 149 Å². The summed E-state index contributed by atoms with van der Waals surface area (Å²) in [4.78, 5) is 14.3. The highest BCUT2D eigenvalue weighted by molar-refractivity contribution is 5.74. The first-order chi connectivity index (χ1) is 12.3. The van der Waals surface area contributed by atoms with Crippen molar-refractivity contribution in [3.05, 3.63) is 65.7 Å². The van der Waals surface area contributed by atoms with Gasteiger partial charge in [0.25, 0.3) is 0 Å². The summed E-state index contributed by atoms with van der Waals surface area (Å²) in [7, 11) is 1.68. The molecule has 0 bridgehead atoms. The van der Waals surface area contributed by atoms with E-state index in [0.29, 0.717) is 5.92 Å². The number of aryl methyl sites for hydroxylation is 1. The maximum atomic E-state index is 12.3. The Kier molecular flexibility index (Phi) is 5.94. The third-order valence-corrected chi connectivity index (χ3v) is 4.82. The molecular formula is C21H26N2O2. The number of likely N-dealkylation sites (tertiary alicyclic amines) is 1. The lowest BCUT2D eigenvalue weighted by atomic mass is 9.98. The summed E-state index contributed by atoms with van der Waals surface area (Å²) >= 11 is 0. The van der Waals surface area contributed by atoms with Crippen molar-refractivity contribution < 1.29 is 9.53 Å². The molecule has 1 atom stereocenters. The molecule has 0 radical (unpaired) electrons. The molecule has 4 heteroatoms. The van der Waals surface area contributed by atoms with E-state index < -0.39 is 0 Å². The van der Waals surface area contributed by atoms with Crippen LogP contribution in [0.3, 0.4) is 0 Å². The van der Waals surface area contributed by atoms with Crippen LogP contribution in [0.5, 0.6) is 5.75 Å². The number of nitrogens with one attached hydrogen (secondary N) is 1. The Balaban J connectivity index is 1.41. The second-order valence-electron chi connectivity index (χ2n) is 6.53. The average molecular weight is 338 g/mol. The first-order valence-electron chi connectivity index (χ1n) is 8.97. The van der Waals surface area contributed by atoms with E-state index in [0.717, 1.165) is 44.6 Å². The maximum Gasteiger partial charge on any atom is 0.317 e. The van der Waals surface area contributed by atoms with E-state index in [9.17, 15) is 4.79 Å². The first-order valence-corrected chi connectivity index (χ1v) is 8.97. The first kappa shape index (κ1) is 17.3. The zero-order chi connectivity index (χ0) is 17.5. The zero-order valence-corrected chi connectivity index (χ0v) is 14.8. The molecule has 1 aliphatic heterocycles. The van der Waals surface area contributed by atoms with Gasteiger partial charge in [-0.05, 0) is 42.5 Å². The fourth-order valence-corrected chi connectivity index (χ4v) is 3.34. The van der Waals surface area contributed by atoms with Crippen LogP contribution in [0.2, 0.25) is 0 Å². The second kappa shape index (κ2) is 8.56. The van der Waals surface area contributed by atoms with Gasteiger partial charge in [-0.3, -0.25) is 0 Å². The number of urea groups is 1. The van der Waals surface area contributed by atoms with Gasteiger partial charge in [-0.2, -0.15) is 0 Å². The summed E-state index contributed by atoms with van der Waals surface area (Å²) in [5, 5.41) is 3.05. The van der Waals surface area contributed by atoms with Crippen LogP contribution in [0.25, 0.3) is 0 Å². The monoisotopic (exact) mass is 338 g/mol. The van der Waals surface area contributed by atoms with Gasteiger partial charge in [0, 0.05) is 25.6 Å². The molecule has 1 N–H and O–H groups in total. The van der Waals surface area contributed by atoms with E-state index in [-0.39, 0.29) is 6.03 Å². The number of nitrogens with zero attached hydrogens (tertiary/aromatic N) is 1. The van der Waals surface area contributed by atoms with Gasteiger partial charge in [0.1, 0.15) is 5.75 Å². The summed E-state index contributed by atoms with van der Waals surface area (Å²) in [6, 6.07) is 18.6. The van der Waals surface area contributed by atoms with Crippen LogP contribution in [0.4, 0.5) is 4.79 Å². The number of hydrogen-bond donors (Lipinski definition) is 1. The molecule has 1 heterocycles. The van der Waals surface area contributed by atoms with Gasteiger partial charge in [0.15, 0.2) is 0 Å². The number of methoxy groups -OCH3 is 1. The van der Waals surface area contributed by atoms with Gasteiger partial charge < -0.3 is 15.0 Å². The van der Waals surface area contributed by atoms with Crippen LogP contribution in [0, 0.1) is 0 Å². The molecule has 0 saturated carbocycles.